The lowest BCUT2D eigenvalue weighted by atomic mass is 9.95. The van der Waals surface area contributed by atoms with Crippen LogP contribution in [0.1, 0.15) is 90.0 Å². The summed E-state index contributed by atoms with van der Waals surface area (Å²) in [5.74, 6) is -2.39. The van der Waals surface area contributed by atoms with Crippen LogP contribution in [-0.4, -0.2) is 135 Å². The van der Waals surface area contributed by atoms with Crippen LogP contribution in [0, 0.1) is 0 Å². The SMILES string of the molecule is COc1cc(O)c2c(c1)[C@H]1O[C@@H]1C[C@H](O)[C@H](O)C(=O)/C=C\C[C@H](C)OC2=O.COc1cc(O)c2c(c1)[C@H]1O[C@@H]1C[C@H](O)[C@H](O)C(=O)CC(SC)C[C@H](C)OC2=O.CS. The first kappa shape index (κ1) is 46.8. The van der Waals surface area contributed by atoms with Gasteiger partial charge in [0.1, 0.15) is 70.7 Å². The number of cyclic esters (lactones) is 2. The van der Waals surface area contributed by atoms with E-state index in [1.165, 1.54) is 44.2 Å². The van der Waals surface area contributed by atoms with Gasteiger partial charge in [-0.3, -0.25) is 9.59 Å². The Kier molecular flexibility index (Phi) is 16.9. The predicted molar refractivity (Wildman–Crippen MR) is 213 cm³/mol. The summed E-state index contributed by atoms with van der Waals surface area (Å²) < 4.78 is 32.3. The summed E-state index contributed by atoms with van der Waals surface area (Å²) in [4.78, 5) is 49.7. The quantitative estimate of drug-likeness (QED) is 0.133. The molecule has 4 aliphatic heterocycles. The number of epoxide rings is 2. The standard InChI is InChI=1S/C20H26O8S.C19H22O8.CH4S/c1-9-4-11(29-3)7-14(22)18(24)15(23)8-16-19(28-16)12-5-10(26-2)6-13(21)17(12)20(25)27-9;1-9-4-3-5-12(20)17(23)14(22)8-15-18(27-15)11-6-10(25-2)7-13(21)16(11)19(24)26-9;1-2/h5-6,9,11,15-16,18-19,21,23-24H,4,7-8H2,1-3H3;3,5-7,9,14-15,17-18,21-23H,4,8H2,1-2H3;2H,1H3/b;5-3-;/t9-,11?,15-,16+,18+,19+;9-,14-,15+,17+,18+;/m00./s1. The van der Waals surface area contributed by atoms with E-state index in [2.05, 4.69) is 12.6 Å². The molecule has 16 nitrogen and oxygen atoms in total. The number of fused-ring (bicyclic) bond motifs is 6. The van der Waals surface area contributed by atoms with Crippen molar-refractivity contribution in [1.82, 2.24) is 0 Å². The maximum Gasteiger partial charge on any atom is 0.342 e. The molecule has 2 fully saturated rings. The van der Waals surface area contributed by atoms with E-state index in [0.29, 0.717) is 29.0 Å². The van der Waals surface area contributed by atoms with Gasteiger partial charge in [-0.05, 0) is 51.0 Å². The Labute approximate surface area is 345 Å². The van der Waals surface area contributed by atoms with Gasteiger partial charge in [-0.2, -0.15) is 24.4 Å². The predicted octanol–water partition coefficient (Wildman–Crippen LogP) is 3.17. The summed E-state index contributed by atoms with van der Waals surface area (Å²) in [6.07, 6.45) is -2.16. The summed E-state index contributed by atoms with van der Waals surface area (Å²) in [5, 5.41) is 61.1. The first-order chi connectivity index (χ1) is 27.6. The van der Waals surface area contributed by atoms with Crippen LogP contribution in [0.3, 0.4) is 0 Å². The normalized spacial score (nSPS) is 31.8. The molecule has 11 atom stereocenters. The maximum atomic E-state index is 12.8. The molecular formula is C40H52O16S2. The Balaban J connectivity index is 0.000000247. The van der Waals surface area contributed by atoms with E-state index in [4.69, 9.17) is 28.4 Å². The Morgan fingerprint density at radius 2 is 1.17 bits per heavy atom. The zero-order valence-corrected chi connectivity index (χ0v) is 34.7. The molecule has 0 aromatic heterocycles. The zero-order chi connectivity index (χ0) is 43.0. The molecule has 0 spiro atoms. The number of methoxy groups -OCH3 is 2. The highest BCUT2D eigenvalue weighted by molar-refractivity contribution is 7.99. The third-order valence-corrected chi connectivity index (χ3v) is 10.9. The van der Waals surface area contributed by atoms with Gasteiger partial charge in [0.2, 0.25) is 0 Å². The van der Waals surface area contributed by atoms with Gasteiger partial charge in [-0.1, -0.05) is 6.08 Å². The lowest BCUT2D eigenvalue weighted by Gasteiger charge is -2.23. The number of rotatable bonds is 3. The summed E-state index contributed by atoms with van der Waals surface area (Å²) in [7, 11) is 2.86. The number of carbonyl (C=O) groups is 4. The first-order valence-electron chi connectivity index (χ1n) is 18.5. The van der Waals surface area contributed by atoms with Crippen LogP contribution in [0.4, 0.5) is 0 Å². The van der Waals surface area contributed by atoms with Crippen molar-refractivity contribution in [3.63, 3.8) is 0 Å². The van der Waals surface area contributed by atoms with Crippen LogP contribution in [-0.2, 0) is 28.5 Å². The van der Waals surface area contributed by atoms with Crippen molar-refractivity contribution in [2.45, 2.75) is 112 Å². The molecule has 58 heavy (non-hydrogen) atoms. The van der Waals surface area contributed by atoms with Crippen molar-refractivity contribution in [3.8, 4) is 23.0 Å². The average molecular weight is 853 g/mol. The van der Waals surface area contributed by atoms with Crippen molar-refractivity contribution < 1.29 is 78.2 Å². The number of aliphatic hydroxyl groups excluding tert-OH is 4. The van der Waals surface area contributed by atoms with Crippen LogP contribution in [0.2, 0.25) is 0 Å². The van der Waals surface area contributed by atoms with Crippen LogP contribution in [0.25, 0.3) is 0 Å². The topological polar surface area (TPSA) is 252 Å². The molecule has 2 saturated heterocycles. The Morgan fingerprint density at radius 3 is 1.64 bits per heavy atom. The maximum absolute atomic E-state index is 12.8. The summed E-state index contributed by atoms with van der Waals surface area (Å²) in [6.45, 7) is 3.35. The molecule has 2 aromatic carbocycles. The zero-order valence-electron chi connectivity index (χ0n) is 33.0. The van der Waals surface area contributed by atoms with Gasteiger partial charge in [0.05, 0.1) is 38.6 Å². The molecule has 6 N–H and O–H groups in total. The molecule has 0 saturated carbocycles. The molecule has 320 valence electrons. The number of thiol groups is 1. The largest absolute Gasteiger partial charge is 0.507 e. The molecule has 0 amide bonds. The molecule has 0 bridgehead atoms. The van der Waals surface area contributed by atoms with Crippen molar-refractivity contribution in [1.29, 1.82) is 0 Å². The number of aliphatic hydroxyl groups is 4. The fourth-order valence-electron chi connectivity index (χ4n) is 6.73. The van der Waals surface area contributed by atoms with Gasteiger partial charge in [-0.25, -0.2) is 9.59 Å². The number of esters is 2. The third kappa shape index (κ3) is 11.7. The highest BCUT2D eigenvalue weighted by Gasteiger charge is 2.47. The first-order valence-corrected chi connectivity index (χ1v) is 20.7. The molecule has 6 rings (SSSR count). The highest BCUT2D eigenvalue weighted by Crippen LogP contribution is 2.48. The molecule has 0 aliphatic carbocycles. The number of ether oxygens (including phenoxy) is 6. The van der Waals surface area contributed by atoms with Crippen molar-refractivity contribution in [2.75, 3.05) is 26.7 Å². The van der Waals surface area contributed by atoms with Crippen LogP contribution in [0.15, 0.2) is 36.4 Å². The number of thioether (sulfide) groups is 1. The Hall–Kier alpha value is -3.88. The molecule has 18 heteroatoms. The second kappa shape index (κ2) is 20.9. The summed E-state index contributed by atoms with van der Waals surface area (Å²) in [5.41, 5.74) is 0.724. The van der Waals surface area contributed by atoms with Gasteiger partial charge >= 0.3 is 11.9 Å². The number of carbonyl (C=O) groups excluding carboxylic acids is 4. The number of hydrogen-bond donors (Lipinski definition) is 7. The number of phenolic OH excluding ortho intramolecular Hbond substituents is 2. The molecule has 2 aromatic rings. The fraction of sp³-hybridized carbons (Fsp3) is 0.550. The number of ketones is 2. The van der Waals surface area contributed by atoms with E-state index in [0.717, 1.165) is 6.08 Å². The second-order valence-corrected chi connectivity index (χ2v) is 15.3. The van der Waals surface area contributed by atoms with Crippen LogP contribution in [0.5, 0.6) is 23.0 Å². The third-order valence-electron chi connectivity index (χ3n) is 9.92. The fourth-order valence-corrected chi connectivity index (χ4v) is 7.53. The van der Waals surface area contributed by atoms with E-state index < -0.39 is 84.5 Å². The van der Waals surface area contributed by atoms with Gasteiger partial charge in [0, 0.05) is 54.2 Å². The van der Waals surface area contributed by atoms with Crippen molar-refractivity contribution in [3.05, 3.63) is 58.7 Å². The lowest BCUT2D eigenvalue weighted by molar-refractivity contribution is -0.133. The van der Waals surface area contributed by atoms with E-state index >= 15 is 0 Å². The average Bonchev–Trinajstić information content (AvgIpc) is 4.13. The summed E-state index contributed by atoms with van der Waals surface area (Å²) >= 11 is 4.95. The number of aromatic hydroxyl groups is 2. The second-order valence-electron chi connectivity index (χ2n) is 14.1. The van der Waals surface area contributed by atoms with E-state index in [9.17, 15) is 49.8 Å². The number of hydrogen-bond acceptors (Lipinski definition) is 18. The molecule has 0 radical (unpaired) electrons. The highest BCUT2D eigenvalue weighted by atomic mass is 32.2. The van der Waals surface area contributed by atoms with Crippen LogP contribution < -0.4 is 9.47 Å². The monoisotopic (exact) mass is 852 g/mol. The van der Waals surface area contributed by atoms with Gasteiger partial charge in [-0.15, -0.1) is 0 Å². The Morgan fingerprint density at radius 1 is 0.707 bits per heavy atom. The Bertz CT molecular complexity index is 1820. The minimum Gasteiger partial charge on any atom is -0.507 e. The molecular weight excluding hydrogens is 801 g/mol. The number of phenols is 2. The minimum absolute atomic E-state index is 0.00553. The summed E-state index contributed by atoms with van der Waals surface area (Å²) in [6, 6.07) is 5.78. The molecule has 1 unspecified atom stereocenters. The molecule has 4 heterocycles. The number of Topliss-reactive ketones (excluding diaryl/α,β-unsaturated/α-hetero) is 1. The van der Waals surface area contributed by atoms with Gasteiger partial charge in [0.25, 0.3) is 0 Å². The van der Waals surface area contributed by atoms with Crippen molar-refractivity contribution >= 4 is 47.9 Å². The van der Waals surface area contributed by atoms with Gasteiger partial charge < -0.3 is 59.1 Å². The molecule has 4 aliphatic rings. The smallest absolute Gasteiger partial charge is 0.342 e. The lowest BCUT2D eigenvalue weighted by Crippen LogP contribution is -2.37. The number of benzene rings is 2. The van der Waals surface area contributed by atoms with Crippen molar-refractivity contribution in [2.24, 2.45) is 0 Å². The van der Waals surface area contributed by atoms with Crippen LogP contribution >= 0.6 is 24.4 Å². The van der Waals surface area contributed by atoms with E-state index in [1.54, 1.807) is 32.2 Å². The van der Waals surface area contributed by atoms with Gasteiger partial charge in [0.15, 0.2) is 11.6 Å². The van der Waals surface area contributed by atoms with E-state index in [1.807, 2.05) is 6.26 Å². The van der Waals surface area contributed by atoms with E-state index in [-0.39, 0.29) is 53.6 Å². The minimum atomic E-state index is -1.56.